The van der Waals surface area contributed by atoms with Crippen molar-refractivity contribution in [2.45, 2.75) is 57.8 Å². The summed E-state index contributed by atoms with van der Waals surface area (Å²) in [7, 11) is -4.16. The number of carboxylic acids is 1. The first-order valence-corrected chi connectivity index (χ1v) is 12.7. The van der Waals surface area contributed by atoms with Gasteiger partial charge in [-0.3, -0.25) is 14.6 Å². The Labute approximate surface area is 200 Å². The Morgan fingerprint density at radius 3 is 2.32 bits per heavy atom. The van der Waals surface area contributed by atoms with E-state index in [9.17, 15) is 27.9 Å². The molecule has 0 aliphatic rings. The van der Waals surface area contributed by atoms with Crippen molar-refractivity contribution in [1.82, 2.24) is 15.0 Å². The number of nitrogens with zero attached hydrogens (tertiary/aromatic N) is 1. The molecule has 2 N–H and O–H groups in total. The molecule has 0 saturated heterocycles. The molecule has 0 unspecified atom stereocenters. The van der Waals surface area contributed by atoms with Gasteiger partial charge in [-0.1, -0.05) is 45.7 Å². The molecular formula is C24H30N3O6S-. The van der Waals surface area contributed by atoms with Crippen molar-refractivity contribution in [1.29, 1.82) is 0 Å². The molecule has 0 bridgehead atoms. The van der Waals surface area contributed by atoms with Crippen LogP contribution in [0.25, 0.3) is 0 Å². The van der Waals surface area contributed by atoms with Crippen molar-refractivity contribution < 1.29 is 27.9 Å². The van der Waals surface area contributed by atoms with Gasteiger partial charge in [0.15, 0.2) is 0 Å². The van der Waals surface area contributed by atoms with Gasteiger partial charge in [0.1, 0.15) is 0 Å². The number of carboxylic acid groups (broad SMARTS) is 1. The first-order valence-electron chi connectivity index (χ1n) is 11.2. The predicted octanol–water partition coefficient (Wildman–Crippen LogP) is 1.61. The quantitative estimate of drug-likeness (QED) is 0.432. The molecule has 0 saturated carbocycles. The molecule has 10 heteroatoms. The van der Waals surface area contributed by atoms with Crippen molar-refractivity contribution >= 4 is 27.8 Å². The van der Waals surface area contributed by atoms with E-state index in [1.54, 1.807) is 26.0 Å². The number of aryl methyl sites for hydroxylation is 1. The molecule has 1 aromatic heterocycles. The Balaban J connectivity index is 2.09. The number of hydrogen-bond acceptors (Lipinski definition) is 7. The lowest BCUT2D eigenvalue weighted by Gasteiger charge is -2.12. The van der Waals surface area contributed by atoms with E-state index >= 15 is 0 Å². The minimum absolute atomic E-state index is 0.0578. The minimum atomic E-state index is -4.16. The summed E-state index contributed by atoms with van der Waals surface area (Å²) in [5.74, 6) is -2.53. The second kappa shape index (κ2) is 12.3. The lowest BCUT2D eigenvalue weighted by Crippen LogP contribution is -2.31. The predicted molar refractivity (Wildman–Crippen MR) is 124 cm³/mol. The van der Waals surface area contributed by atoms with Crippen LogP contribution < -0.4 is 15.1 Å². The van der Waals surface area contributed by atoms with E-state index in [1.165, 1.54) is 18.2 Å². The van der Waals surface area contributed by atoms with E-state index in [1.807, 2.05) is 11.6 Å². The number of carbonyl (C=O) groups excluding carboxylic acids is 3. The molecule has 2 rings (SSSR count). The topological polar surface area (TPSA) is 145 Å². The fourth-order valence-corrected chi connectivity index (χ4v) is 4.16. The number of rotatable bonds is 12. The molecule has 1 heterocycles. The lowest BCUT2D eigenvalue weighted by molar-refractivity contribution is -0.255. The highest BCUT2D eigenvalue weighted by Crippen LogP contribution is 2.15. The lowest BCUT2D eigenvalue weighted by atomic mass is 10.0. The van der Waals surface area contributed by atoms with Crippen LogP contribution in [-0.2, 0) is 27.7 Å². The first-order chi connectivity index (χ1) is 16.0. The number of hydrogen-bond donors (Lipinski definition) is 2. The monoisotopic (exact) mass is 488 g/mol. The van der Waals surface area contributed by atoms with E-state index in [-0.39, 0.29) is 28.0 Å². The van der Waals surface area contributed by atoms with Gasteiger partial charge in [-0.15, -0.1) is 0 Å². The van der Waals surface area contributed by atoms with Crippen molar-refractivity contribution in [3.05, 3.63) is 58.9 Å². The molecule has 0 aliphatic carbocycles. The average molecular weight is 489 g/mol. The molecule has 2 aromatic rings. The molecule has 0 aliphatic heterocycles. The molecule has 0 fully saturated rings. The van der Waals surface area contributed by atoms with Crippen LogP contribution in [0.1, 0.15) is 72.0 Å². The smallest absolute Gasteiger partial charge is 0.266 e. The molecule has 34 heavy (non-hydrogen) atoms. The van der Waals surface area contributed by atoms with Crippen LogP contribution in [0.2, 0.25) is 0 Å². The van der Waals surface area contributed by atoms with Crippen LogP contribution in [-0.4, -0.2) is 37.7 Å². The summed E-state index contributed by atoms with van der Waals surface area (Å²) in [6.45, 7) is 6.02. The number of aromatic carboxylic acids is 1. The minimum Gasteiger partial charge on any atom is -0.543 e. The second-order valence-electron chi connectivity index (χ2n) is 8.25. The van der Waals surface area contributed by atoms with Crippen LogP contribution in [0.4, 0.5) is 0 Å². The number of amides is 2. The Morgan fingerprint density at radius 1 is 1.06 bits per heavy atom. The van der Waals surface area contributed by atoms with Crippen molar-refractivity contribution in [3.8, 4) is 0 Å². The first kappa shape index (κ1) is 27.0. The highest BCUT2D eigenvalue weighted by Gasteiger charge is 2.20. The fourth-order valence-electron chi connectivity index (χ4n) is 3.18. The van der Waals surface area contributed by atoms with E-state index in [2.05, 4.69) is 10.3 Å². The Bertz CT molecular complexity index is 1130. The number of pyridine rings is 1. The molecule has 0 spiro atoms. The third-order valence-electron chi connectivity index (χ3n) is 5.17. The van der Waals surface area contributed by atoms with Crippen molar-refractivity contribution in [2.75, 3.05) is 6.54 Å². The summed E-state index contributed by atoms with van der Waals surface area (Å²) in [4.78, 5) is 39.2. The fraction of sp³-hybridized carbons (Fsp3) is 0.417. The zero-order valence-electron chi connectivity index (χ0n) is 19.6. The van der Waals surface area contributed by atoms with Gasteiger partial charge in [-0.05, 0) is 48.6 Å². The molecule has 2 amide bonds. The molecular weight excluding hydrogens is 458 g/mol. The van der Waals surface area contributed by atoms with Crippen LogP contribution in [0.3, 0.4) is 0 Å². The highest BCUT2D eigenvalue weighted by atomic mass is 32.2. The Kier molecular flexibility index (Phi) is 9.73. The van der Waals surface area contributed by atoms with Crippen molar-refractivity contribution in [3.63, 3.8) is 0 Å². The number of nitrogens with one attached hydrogen (secondary N) is 2. The number of sulfonamides is 1. The summed E-state index contributed by atoms with van der Waals surface area (Å²) in [5.41, 5.74) is 0.841. The molecule has 9 nitrogen and oxygen atoms in total. The number of aromatic nitrogens is 1. The van der Waals surface area contributed by atoms with Gasteiger partial charge in [-0.2, -0.15) is 0 Å². The number of benzene rings is 1. The molecule has 0 radical (unpaired) electrons. The Hall–Kier alpha value is -3.27. The summed E-state index contributed by atoms with van der Waals surface area (Å²) in [6, 6.07) is 7.32. The van der Waals surface area contributed by atoms with Crippen LogP contribution in [0, 0.1) is 5.92 Å². The standard InChI is InChI=1S/C24H31N3O6S/c1-4-5-6-7-18-14-19(15-26-21(18)24(30)31)23(29)27-34(32,33)20-10-8-17(9-11-20)12-13-25-22(28)16(2)3/h8-11,14-16H,4-7,12-13H2,1-3H3,(H,25,28)(H,27,29)(H,30,31)/p-1. The maximum Gasteiger partial charge on any atom is 0.266 e. The van der Waals surface area contributed by atoms with E-state index in [0.717, 1.165) is 24.6 Å². The van der Waals surface area contributed by atoms with Crippen LogP contribution in [0.15, 0.2) is 41.4 Å². The van der Waals surface area contributed by atoms with Gasteiger partial charge in [0, 0.05) is 18.7 Å². The van der Waals surface area contributed by atoms with Crippen molar-refractivity contribution in [2.24, 2.45) is 5.92 Å². The van der Waals surface area contributed by atoms with Gasteiger partial charge in [0.2, 0.25) is 5.91 Å². The van der Waals surface area contributed by atoms with Gasteiger partial charge < -0.3 is 15.2 Å². The highest BCUT2D eigenvalue weighted by molar-refractivity contribution is 7.90. The summed E-state index contributed by atoms with van der Waals surface area (Å²) in [6.07, 6.45) is 4.44. The zero-order valence-corrected chi connectivity index (χ0v) is 20.4. The van der Waals surface area contributed by atoms with Gasteiger partial charge in [0.05, 0.1) is 22.1 Å². The molecule has 184 valence electrons. The average Bonchev–Trinajstić information content (AvgIpc) is 2.79. The number of unbranched alkanes of at least 4 members (excludes halogenated alkanes) is 2. The van der Waals surface area contributed by atoms with E-state index < -0.39 is 21.9 Å². The summed E-state index contributed by atoms with van der Waals surface area (Å²) in [5, 5.41) is 14.1. The zero-order chi connectivity index (χ0) is 25.3. The maximum atomic E-state index is 12.7. The normalized spacial score (nSPS) is 11.3. The second-order valence-corrected chi connectivity index (χ2v) is 9.93. The molecule has 0 atom stereocenters. The van der Waals surface area contributed by atoms with Gasteiger partial charge in [0.25, 0.3) is 15.9 Å². The molecule has 1 aromatic carbocycles. The van der Waals surface area contributed by atoms with E-state index in [0.29, 0.717) is 31.4 Å². The maximum absolute atomic E-state index is 12.7. The third-order valence-corrected chi connectivity index (χ3v) is 6.52. The van der Waals surface area contributed by atoms with Gasteiger partial charge >= 0.3 is 0 Å². The van der Waals surface area contributed by atoms with Crippen LogP contribution in [0.5, 0.6) is 0 Å². The Morgan fingerprint density at radius 2 is 1.74 bits per heavy atom. The van der Waals surface area contributed by atoms with E-state index in [4.69, 9.17) is 0 Å². The number of carbonyl (C=O) groups is 3. The van der Waals surface area contributed by atoms with Gasteiger partial charge in [-0.25, -0.2) is 13.1 Å². The largest absolute Gasteiger partial charge is 0.543 e. The third kappa shape index (κ3) is 7.65. The summed E-state index contributed by atoms with van der Waals surface area (Å²) >= 11 is 0. The summed E-state index contributed by atoms with van der Waals surface area (Å²) < 4.78 is 27.3. The van der Waals surface area contributed by atoms with Crippen LogP contribution >= 0.6 is 0 Å². The SMILES string of the molecule is CCCCCc1cc(C(=O)NS(=O)(=O)c2ccc(CCNC(=O)C(C)C)cc2)cnc1C(=O)[O-].